The number of rotatable bonds is 5. The molecule has 0 aliphatic heterocycles. The second-order valence-electron chi connectivity index (χ2n) is 7.70. The van der Waals surface area contributed by atoms with Crippen LogP contribution in [0.5, 0.6) is 0 Å². The molecule has 0 aliphatic carbocycles. The normalized spacial score (nSPS) is 17.0. The molecule has 3 atom stereocenters. The summed E-state index contributed by atoms with van der Waals surface area (Å²) in [5, 5.41) is 13.0. The summed E-state index contributed by atoms with van der Waals surface area (Å²) in [4.78, 5) is 20.4. The number of aliphatic hydroxyl groups excluding tert-OH is 1. The Morgan fingerprint density at radius 2 is 1.81 bits per heavy atom. The van der Waals surface area contributed by atoms with Gasteiger partial charge in [-0.05, 0) is 37.6 Å². The summed E-state index contributed by atoms with van der Waals surface area (Å²) in [7, 11) is 0. The lowest BCUT2D eigenvalue weighted by Gasteiger charge is -2.29. The van der Waals surface area contributed by atoms with Crippen molar-refractivity contribution in [3.63, 3.8) is 0 Å². The summed E-state index contributed by atoms with van der Waals surface area (Å²) < 4.78 is 14.9. The summed E-state index contributed by atoms with van der Waals surface area (Å²) in [5.41, 5.74) is -0.429. The molecule has 0 bridgehead atoms. The summed E-state index contributed by atoms with van der Waals surface area (Å²) in [5.74, 6) is -0.226. The molecule has 0 radical (unpaired) electrons. The van der Waals surface area contributed by atoms with E-state index in [2.05, 4.69) is 15.3 Å². The average molecular weight is 359 g/mol. The molecule has 5 nitrogen and oxygen atoms in total. The van der Waals surface area contributed by atoms with Crippen LogP contribution in [0.25, 0.3) is 11.0 Å². The summed E-state index contributed by atoms with van der Waals surface area (Å²) >= 11 is 0. The van der Waals surface area contributed by atoms with Crippen LogP contribution in [0.2, 0.25) is 0 Å². The number of carbonyl (C=O) groups excluding carboxylic acids is 1. The molecule has 2 rings (SSSR count). The van der Waals surface area contributed by atoms with Gasteiger partial charge in [0.25, 0.3) is 0 Å². The first-order valence-electron chi connectivity index (χ1n) is 8.59. The zero-order valence-corrected chi connectivity index (χ0v) is 15.8. The Labute approximate surface area is 153 Å². The van der Waals surface area contributed by atoms with Crippen LogP contribution in [-0.4, -0.2) is 32.7 Å². The molecule has 26 heavy (non-hydrogen) atoms. The van der Waals surface area contributed by atoms with Gasteiger partial charge in [0, 0.05) is 17.8 Å². The number of alkyl halides is 1. The van der Waals surface area contributed by atoms with Crippen LogP contribution < -0.4 is 5.32 Å². The lowest BCUT2D eigenvalue weighted by atomic mass is 9.92. The minimum atomic E-state index is -1.81. The minimum absolute atomic E-state index is 0.226. The lowest BCUT2D eigenvalue weighted by molar-refractivity contribution is -0.129. The first-order chi connectivity index (χ1) is 12.0. The molecule has 0 saturated carbocycles. The fraction of sp³-hybridized carbons (Fsp3) is 0.450. The largest absolute Gasteiger partial charge is 0.384 e. The Balaban J connectivity index is 2.11. The number of nitrogens with zero attached hydrogens (tertiary/aromatic N) is 2. The summed E-state index contributed by atoms with van der Waals surface area (Å²) in [6.07, 6.45) is 4.86. The highest BCUT2D eigenvalue weighted by Crippen LogP contribution is 2.24. The van der Waals surface area contributed by atoms with Gasteiger partial charge >= 0.3 is 0 Å². The van der Waals surface area contributed by atoms with Gasteiger partial charge in [0.05, 0.1) is 23.2 Å². The van der Waals surface area contributed by atoms with E-state index < -0.39 is 23.2 Å². The van der Waals surface area contributed by atoms with Crippen molar-refractivity contribution in [2.45, 2.75) is 52.4 Å². The van der Waals surface area contributed by atoms with Crippen molar-refractivity contribution in [1.29, 1.82) is 0 Å². The maximum absolute atomic E-state index is 14.9. The van der Waals surface area contributed by atoms with E-state index in [9.17, 15) is 14.3 Å². The molecule has 2 unspecified atom stereocenters. The number of fused-ring (bicyclic) bond motifs is 1. The van der Waals surface area contributed by atoms with E-state index in [1.807, 2.05) is 0 Å². The smallest absolute Gasteiger partial charge is 0.225 e. The van der Waals surface area contributed by atoms with E-state index in [4.69, 9.17) is 0 Å². The van der Waals surface area contributed by atoms with Crippen molar-refractivity contribution < 1.29 is 14.3 Å². The Kier molecular flexibility index (Phi) is 5.76. The molecule has 1 aromatic heterocycles. The first-order valence-corrected chi connectivity index (χ1v) is 8.59. The molecule has 140 valence electrons. The third-order valence-corrected chi connectivity index (χ3v) is 4.31. The number of hydrogen-bond acceptors (Lipinski definition) is 4. The zero-order chi connectivity index (χ0) is 19.5. The number of aliphatic hydroxyl groups is 1. The number of amides is 1. The van der Waals surface area contributed by atoms with Gasteiger partial charge in [-0.15, -0.1) is 0 Å². The molecule has 0 aliphatic rings. The highest BCUT2D eigenvalue weighted by atomic mass is 19.1. The van der Waals surface area contributed by atoms with Crippen molar-refractivity contribution in [3.05, 3.63) is 48.3 Å². The van der Waals surface area contributed by atoms with Crippen molar-refractivity contribution in [2.24, 2.45) is 5.41 Å². The van der Waals surface area contributed by atoms with Crippen LogP contribution in [0.3, 0.4) is 0 Å². The molecule has 1 amide bonds. The van der Waals surface area contributed by atoms with Crippen LogP contribution >= 0.6 is 0 Å². The zero-order valence-electron chi connectivity index (χ0n) is 15.8. The fourth-order valence-electron chi connectivity index (χ4n) is 2.25. The van der Waals surface area contributed by atoms with Crippen molar-refractivity contribution in [3.8, 4) is 0 Å². The summed E-state index contributed by atoms with van der Waals surface area (Å²) in [6, 6.07) is 4.47. The van der Waals surface area contributed by atoms with E-state index in [1.165, 1.54) is 19.1 Å². The topological polar surface area (TPSA) is 75.1 Å². The minimum Gasteiger partial charge on any atom is -0.384 e. The second kappa shape index (κ2) is 7.50. The van der Waals surface area contributed by atoms with Crippen molar-refractivity contribution >= 4 is 16.9 Å². The number of hydrogen-bond donors (Lipinski definition) is 2. The molecule has 1 aromatic carbocycles. The van der Waals surface area contributed by atoms with Crippen LogP contribution in [-0.2, 0) is 4.79 Å². The number of carbonyl (C=O) groups is 1. The third-order valence-electron chi connectivity index (χ3n) is 4.31. The maximum atomic E-state index is 14.9. The molecule has 1 heterocycles. The van der Waals surface area contributed by atoms with Gasteiger partial charge in [0.2, 0.25) is 5.91 Å². The van der Waals surface area contributed by atoms with E-state index in [-0.39, 0.29) is 5.91 Å². The van der Waals surface area contributed by atoms with Gasteiger partial charge in [-0.2, -0.15) is 0 Å². The fourth-order valence-corrected chi connectivity index (χ4v) is 2.25. The summed E-state index contributed by atoms with van der Waals surface area (Å²) in [6.45, 7) is 8.29. The monoisotopic (exact) mass is 359 g/mol. The highest BCUT2D eigenvalue weighted by molar-refractivity contribution is 5.81. The Bertz CT molecular complexity index is 812. The van der Waals surface area contributed by atoms with Crippen molar-refractivity contribution in [1.82, 2.24) is 15.3 Å². The lowest BCUT2D eigenvalue weighted by Crippen LogP contribution is -2.48. The molecule has 0 fully saturated rings. The van der Waals surface area contributed by atoms with Crippen LogP contribution in [0, 0.1) is 5.41 Å². The predicted molar refractivity (Wildman–Crippen MR) is 100 cm³/mol. The average Bonchev–Trinajstić information content (AvgIpc) is 2.58. The Morgan fingerprint density at radius 3 is 2.42 bits per heavy atom. The first kappa shape index (κ1) is 20.0. The Morgan fingerprint density at radius 1 is 1.19 bits per heavy atom. The molecular formula is C20H26FN3O2. The van der Waals surface area contributed by atoms with Crippen LogP contribution in [0.1, 0.15) is 46.3 Å². The van der Waals surface area contributed by atoms with Crippen molar-refractivity contribution in [2.75, 3.05) is 0 Å². The highest BCUT2D eigenvalue weighted by Gasteiger charge is 2.32. The van der Waals surface area contributed by atoms with Gasteiger partial charge in [-0.25, -0.2) is 4.39 Å². The quantitative estimate of drug-likeness (QED) is 0.801. The number of nitrogens with one attached hydrogen (secondary N) is 1. The van der Waals surface area contributed by atoms with Crippen LogP contribution in [0.4, 0.5) is 4.39 Å². The third kappa shape index (κ3) is 4.85. The second-order valence-corrected chi connectivity index (χ2v) is 7.70. The Hall–Kier alpha value is -2.34. The molecule has 0 spiro atoms. The molecule has 2 aromatic rings. The number of benzene rings is 1. The standard InChI is InChI=1S/C20H26FN3O2/c1-13(24-18(26)19(2,3)4)20(5,21)9-8-17(25)14-6-7-15-16(12-14)23-11-10-22-15/h6-13,17,25H,1-5H3,(H,24,26)/b9-8+/t13-,17?,20?/m0/s1. The molecule has 0 saturated heterocycles. The van der Waals surface area contributed by atoms with E-state index in [0.29, 0.717) is 11.1 Å². The molecule has 6 heteroatoms. The van der Waals surface area contributed by atoms with E-state index in [1.54, 1.807) is 58.3 Å². The van der Waals surface area contributed by atoms with Gasteiger partial charge in [0.1, 0.15) is 5.67 Å². The van der Waals surface area contributed by atoms with Gasteiger partial charge < -0.3 is 10.4 Å². The maximum Gasteiger partial charge on any atom is 0.225 e. The molecular weight excluding hydrogens is 333 g/mol. The SMILES string of the molecule is C[C@H](NC(=O)C(C)(C)C)C(C)(F)/C=C/C(O)c1ccc2nccnc2c1. The van der Waals surface area contributed by atoms with Gasteiger partial charge in [-0.3, -0.25) is 14.8 Å². The van der Waals surface area contributed by atoms with E-state index >= 15 is 0 Å². The van der Waals surface area contributed by atoms with Gasteiger partial charge in [0.15, 0.2) is 0 Å². The number of halogens is 1. The molecule has 2 N–H and O–H groups in total. The van der Waals surface area contributed by atoms with Gasteiger partial charge in [-0.1, -0.05) is 32.9 Å². The van der Waals surface area contributed by atoms with Crippen LogP contribution in [0.15, 0.2) is 42.7 Å². The predicted octanol–water partition coefficient (Wildman–Crippen LogP) is 3.50. The van der Waals surface area contributed by atoms with E-state index in [0.717, 1.165) is 5.52 Å². The number of aromatic nitrogens is 2.